The van der Waals surface area contributed by atoms with Crippen LogP contribution >= 0.6 is 34.4 Å². The predicted octanol–water partition coefficient (Wildman–Crippen LogP) is 4.30. The van der Waals surface area contributed by atoms with Crippen molar-refractivity contribution in [3.8, 4) is 0 Å². The monoisotopic (exact) mass is 318 g/mol. The number of rotatable bonds is 2. The van der Waals surface area contributed by atoms with Gasteiger partial charge in [0, 0.05) is 9.17 Å². The summed E-state index contributed by atoms with van der Waals surface area (Å²) in [5, 5.41) is 0.818. The number of thioether (sulfide) groups is 1. The molecule has 1 aromatic carbocycles. The Morgan fingerprint density at radius 1 is 1.36 bits per heavy atom. The number of halogens is 1. The van der Waals surface area contributed by atoms with E-state index < -0.39 is 0 Å². The van der Waals surface area contributed by atoms with Crippen LogP contribution in [0.25, 0.3) is 0 Å². The Labute approximate surface area is 104 Å². The van der Waals surface area contributed by atoms with Crippen LogP contribution in [0.15, 0.2) is 30.3 Å². The molecule has 1 aliphatic heterocycles. The average molecular weight is 318 g/mol. The molecule has 1 aromatic rings. The van der Waals surface area contributed by atoms with Crippen molar-refractivity contribution in [1.82, 2.24) is 0 Å². The second kappa shape index (κ2) is 4.88. The van der Waals surface area contributed by atoms with E-state index in [0.717, 1.165) is 11.2 Å². The van der Waals surface area contributed by atoms with Gasteiger partial charge in [0.25, 0.3) is 0 Å². The van der Waals surface area contributed by atoms with Crippen molar-refractivity contribution in [3.63, 3.8) is 0 Å². The summed E-state index contributed by atoms with van der Waals surface area (Å²) in [7, 11) is 0. The zero-order valence-electron chi connectivity index (χ0n) is 8.32. The molecule has 2 rings (SSSR count). The fraction of sp³-hybridized carbons (Fsp3) is 0.500. The van der Waals surface area contributed by atoms with Crippen LogP contribution in [0, 0.1) is 5.92 Å². The standard InChI is InChI=1S/C12H15IS/c1-9-7-8-14-12(9)11(13)10-5-3-2-4-6-10/h2-6,9,11-12H,7-8H2,1H3/t9-,11-,12-/m1/s1. The van der Waals surface area contributed by atoms with Crippen LogP contribution in [-0.2, 0) is 0 Å². The summed E-state index contributed by atoms with van der Waals surface area (Å²) in [4.78, 5) is 0. The summed E-state index contributed by atoms with van der Waals surface area (Å²) in [5.74, 6) is 2.22. The predicted molar refractivity (Wildman–Crippen MR) is 73.2 cm³/mol. The molecule has 0 saturated carbocycles. The molecule has 1 saturated heterocycles. The smallest absolute Gasteiger partial charge is 0.0480 e. The van der Waals surface area contributed by atoms with Crippen LogP contribution in [0.5, 0.6) is 0 Å². The minimum Gasteiger partial charge on any atom is -0.157 e. The fourth-order valence-electron chi connectivity index (χ4n) is 1.92. The van der Waals surface area contributed by atoms with Crippen molar-refractivity contribution >= 4 is 34.4 Å². The largest absolute Gasteiger partial charge is 0.157 e. The van der Waals surface area contributed by atoms with Gasteiger partial charge in [0.05, 0.1) is 0 Å². The highest BCUT2D eigenvalue weighted by molar-refractivity contribution is 14.1. The Morgan fingerprint density at radius 3 is 2.64 bits per heavy atom. The third kappa shape index (κ3) is 2.27. The van der Waals surface area contributed by atoms with Crippen molar-refractivity contribution in [1.29, 1.82) is 0 Å². The summed E-state index contributed by atoms with van der Waals surface area (Å²) in [6.45, 7) is 2.39. The molecule has 0 N–H and O–H groups in total. The summed E-state index contributed by atoms with van der Waals surface area (Å²) in [6.07, 6.45) is 1.39. The van der Waals surface area contributed by atoms with Gasteiger partial charge in [-0.2, -0.15) is 11.8 Å². The van der Waals surface area contributed by atoms with E-state index in [1.807, 2.05) is 0 Å². The maximum atomic E-state index is 2.60. The third-order valence-corrected chi connectivity index (χ3v) is 6.43. The zero-order valence-corrected chi connectivity index (χ0v) is 11.3. The molecule has 0 bridgehead atoms. The molecule has 14 heavy (non-hydrogen) atoms. The van der Waals surface area contributed by atoms with Gasteiger partial charge in [-0.25, -0.2) is 0 Å². The molecule has 0 nitrogen and oxygen atoms in total. The number of hydrogen-bond acceptors (Lipinski definition) is 1. The lowest BCUT2D eigenvalue weighted by atomic mass is 9.99. The highest BCUT2D eigenvalue weighted by Gasteiger charge is 2.30. The van der Waals surface area contributed by atoms with Crippen molar-refractivity contribution in [2.75, 3.05) is 5.75 Å². The van der Waals surface area contributed by atoms with Gasteiger partial charge in [-0.1, -0.05) is 59.8 Å². The van der Waals surface area contributed by atoms with Crippen molar-refractivity contribution in [2.24, 2.45) is 5.92 Å². The number of benzene rings is 1. The minimum atomic E-state index is 0.677. The first-order chi connectivity index (χ1) is 6.79. The number of alkyl halides is 1. The summed E-state index contributed by atoms with van der Waals surface area (Å²) in [5.41, 5.74) is 1.49. The van der Waals surface area contributed by atoms with E-state index >= 15 is 0 Å². The Kier molecular flexibility index (Phi) is 3.77. The van der Waals surface area contributed by atoms with Crippen LogP contribution in [-0.4, -0.2) is 11.0 Å². The van der Waals surface area contributed by atoms with Gasteiger partial charge in [0.2, 0.25) is 0 Å². The molecule has 0 radical (unpaired) electrons. The Hall–Kier alpha value is 0.300. The summed E-state index contributed by atoms with van der Waals surface area (Å²) in [6, 6.07) is 10.9. The summed E-state index contributed by atoms with van der Waals surface area (Å²) >= 11 is 4.75. The van der Waals surface area contributed by atoms with Gasteiger partial charge in [0.15, 0.2) is 0 Å². The summed E-state index contributed by atoms with van der Waals surface area (Å²) < 4.78 is 0.677. The molecule has 1 heterocycles. The Bertz CT molecular complexity index is 286. The highest BCUT2D eigenvalue weighted by Crippen LogP contribution is 2.44. The second-order valence-electron chi connectivity index (χ2n) is 3.91. The fourth-order valence-corrected chi connectivity index (χ4v) is 5.24. The van der Waals surface area contributed by atoms with Gasteiger partial charge >= 0.3 is 0 Å². The first-order valence-corrected chi connectivity index (χ1v) is 7.39. The quantitative estimate of drug-likeness (QED) is 0.578. The molecule has 0 spiro atoms. The number of hydrogen-bond donors (Lipinski definition) is 0. The van der Waals surface area contributed by atoms with Gasteiger partial charge in [0.1, 0.15) is 0 Å². The molecule has 2 heteroatoms. The van der Waals surface area contributed by atoms with Crippen LogP contribution < -0.4 is 0 Å². The molecular formula is C12H15IS. The lowest BCUT2D eigenvalue weighted by Gasteiger charge is -2.21. The maximum Gasteiger partial charge on any atom is 0.0480 e. The molecule has 3 atom stereocenters. The SMILES string of the molecule is C[C@@H]1CCS[C@H]1[C@H](I)c1ccccc1. The first-order valence-electron chi connectivity index (χ1n) is 5.09. The van der Waals surface area contributed by atoms with E-state index in [1.165, 1.54) is 17.7 Å². The average Bonchev–Trinajstić information content (AvgIpc) is 2.65. The second-order valence-corrected chi connectivity index (χ2v) is 6.54. The lowest BCUT2D eigenvalue weighted by molar-refractivity contribution is 0.563. The van der Waals surface area contributed by atoms with E-state index in [4.69, 9.17) is 0 Å². The first kappa shape index (κ1) is 10.8. The zero-order chi connectivity index (χ0) is 9.97. The normalized spacial score (nSPS) is 29.0. The van der Waals surface area contributed by atoms with Crippen LogP contribution in [0.4, 0.5) is 0 Å². The Balaban J connectivity index is 2.12. The molecular weight excluding hydrogens is 303 g/mol. The van der Waals surface area contributed by atoms with E-state index in [1.54, 1.807) is 0 Å². The lowest BCUT2D eigenvalue weighted by Crippen LogP contribution is -2.13. The van der Waals surface area contributed by atoms with Crippen molar-refractivity contribution < 1.29 is 0 Å². The Morgan fingerprint density at radius 2 is 2.07 bits per heavy atom. The third-order valence-electron chi connectivity index (χ3n) is 2.85. The topological polar surface area (TPSA) is 0 Å². The van der Waals surface area contributed by atoms with E-state index in [9.17, 15) is 0 Å². The maximum absolute atomic E-state index is 2.60. The van der Waals surface area contributed by atoms with E-state index in [-0.39, 0.29) is 0 Å². The van der Waals surface area contributed by atoms with Crippen molar-refractivity contribution in [3.05, 3.63) is 35.9 Å². The molecule has 1 fully saturated rings. The van der Waals surface area contributed by atoms with Crippen molar-refractivity contribution in [2.45, 2.75) is 22.5 Å². The van der Waals surface area contributed by atoms with Crippen LogP contribution in [0.3, 0.4) is 0 Å². The molecule has 76 valence electrons. The van der Waals surface area contributed by atoms with Gasteiger partial charge < -0.3 is 0 Å². The van der Waals surface area contributed by atoms with Gasteiger partial charge in [-0.15, -0.1) is 0 Å². The minimum absolute atomic E-state index is 0.677. The van der Waals surface area contributed by atoms with E-state index in [0.29, 0.717) is 3.92 Å². The van der Waals surface area contributed by atoms with Gasteiger partial charge in [-0.05, 0) is 23.7 Å². The highest BCUT2D eigenvalue weighted by atomic mass is 127. The molecule has 0 amide bonds. The molecule has 0 unspecified atom stereocenters. The molecule has 1 aliphatic rings. The van der Waals surface area contributed by atoms with E-state index in [2.05, 4.69) is 71.6 Å². The van der Waals surface area contributed by atoms with Crippen LogP contribution in [0.1, 0.15) is 22.8 Å². The van der Waals surface area contributed by atoms with Crippen LogP contribution in [0.2, 0.25) is 0 Å². The van der Waals surface area contributed by atoms with Gasteiger partial charge in [-0.3, -0.25) is 0 Å². The molecule has 0 aromatic heterocycles. The molecule has 0 aliphatic carbocycles.